The molecule has 0 spiro atoms. The lowest BCUT2D eigenvalue weighted by Crippen LogP contribution is -2.29. The molecular formula is C10H12ClF2N. The molecule has 0 aliphatic heterocycles. The minimum atomic E-state index is -2.49. The van der Waals surface area contributed by atoms with E-state index in [1.54, 1.807) is 13.8 Å². The predicted molar refractivity (Wildman–Crippen MR) is 53.6 cm³/mol. The van der Waals surface area contributed by atoms with Gasteiger partial charge in [-0.25, -0.2) is 8.78 Å². The molecule has 0 unspecified atom stereocenters. The molecule has 0 radical (unpaired) electrons. The fourth-order valence-electron chi connectivity index (χ4n) is 1.17. The summed E-state index contributed by atoms with van der Waals surface area (Å²) in [4.78, 5) is 0. The molecule has 0 aliphatic rings. The highest BCUT2D eigenvalue weighted by Crippen LogP contribution is 2.30. The van der Waals surface area contributed by atoms with Gasteiger partial charge in [0.2, 0.25) is 0 Å². The molecule has 78 valence electrons. The average molecular weight is 220 g/mol. The summed E-state index contributed by atoms with van der Waals surface area (Å²) in [5.41, 5.74) is 5.58. The van der Waals surface area contributed by atoms with E-state index in [0.717, 1.165) is 0 Å². The van der Waals surface area contributed by atoms with Crippen LogP contribution in [0.4, 0.5) is 8.78 Å². The molecule has 1 rings (SSSR count). The van der Waals surface area contributed by atoms with E-state index in [1.165, 1.54) is 18.2 Å². The minimum Gasteiger partial charge on any atom is -0.322 e. The molecule has 0 atom stereocenters. The highest BCUT2D eigenvalue weighted by molar-refractivity contribution is 6.31. The van der Waals surface area contributed by atoms with Gasteiger partial charge in [-0.1, -0.05) is 17.7 Å². The van der Waals surface area contributed by atoms with Crippen molar-refractivity contribution < 1.29 is 8.78 Å². The maximum atomic E-state index is 12.4. The second-order valence-corrected chi connectivity index (χ2v) is 4.17. The first-order valence-electron chi connectivity index (χ1n) is 4.19. The van der Waals surface area contributed by atoms with Gasteiger partial charge in [-0.3, -0.25) is 0 Å². The van der Waals surface area contributed by atoms with Crippen LogP contribution in [-0.4, -0.2) is 0 Å². The Hall–Kier alpha value is -0.670. The third-order valence-corrected chi connectivity index (χ3v) is 2.27. The van der Waals surface area contributed by atoms with Gasteiger partial charge in [0.25, 0.3) is 6.43 Å². The fourth-order valence-corrected chi connectivity index (χ4v) is 1.53. The number of hydrogen-bond acceptors (Lipinski definition) is 1. The van der Waals surface area contributed by atoms with Crippen molar-refractivity contribution in [1.82, 2.24) is 0 Å². The Kier molecular flexibility index (Phi) is 3.12. The Balaban J connectivity index is 3.22. The molecule has 0 heterocycles. The van der Waals surface area contributed by atoms with Crippen LogP contribution in [0, 0.1) is 0 Å². The van der Waals surface area contributed by atoms with Gasteiger partial charge in [0.05, 0.1) is 0 Å². The largest absolute Gasteiger partial charge is 0.322 e. The zero-order chi connectivity index (χ0) is 10.9. The van der Waals surface area contributed by atoms with Gasteiger partial charge >= 0.3 is 0 Å². The SMILES string of the molecule is CC(C)(N)c1cc(C(F)F)ccc1Cl. The Morgan fingerprint density at radius 3 is 2.36 bits per heavy atom. The van der Waals surface area contributed by atoms with E-state index in [1.807, 2.05) is 0 Å². The van der Waals surface area contributed by atoms with Crippen LogP contribution >= 0.6 is 11.6 Å². The Morgan fingerprint density at radius 2 is 1.93 bits per heavy atom. The number of nitrogens with two attached hydrogens (primary N) is 1. The van der Waals surface area contributed by atoms with E-state index in [-0.39, 0.29) is 5.56 Å². The molecule has 1 nitrogen and oxygen atoms in total. The normalized spacial score (nSPS) is 12.2. The Morgan fingerprint density at radius 1 is 1.36 bits per heavy atom. The molecule has 2 N–H and O–H groups in total. The summed E-state index contributed by atoms with van der Waals surface area (Å²) in [5, 5.41) is 0.418. The topological polar surface area (TPSA) is 26.0 Å². The van der Waals surface area contributed by atoms with Crippen LogP contribution in [0.1, 0.15) is 31.4 Å². The van der Waals surface area contributed by atoms with Crippen LogP contribution < -0.4 is 5.73 Å². The lowest BCUT2D eigenvalue weighted by Gasteiger charge is -2.21. The quantitative estimate of drug-likeness (QED) is 0.810. The second-order valence-electron chi connectivity index (χ2n) is 3.76. The average Bonchev–Trinajstić information content (AvgIpc) is 2.02. The number of halogens is 3. The third kappa shape index (κ3) is 2.42. The first kappa shape index (κ1) is 11.4. The molecule has 0 aliphatic carbocycles. The maximum absolute atomic E-state index is 12.4. The van der Waals surface area contributed by atoms with Gasteiger partial charge in [-0.05, 0) is 31.5 Å². The van der Waals surface area contributed by atoms with Gasteiger partial charge in [-0.2, -0.15) is 0 Å². The second kappa shape index (κ2) is 3.83. The molecule has 4 heteroatoms. The monoisotopic (exact) mass is 219 g/mol. The predicted octanol–water partition coefficient (Wildman–Crippen LogP) is 3.47. The number of rotatable bonds is 2. The molecule has 14 heavy (non-hydrogen) atoms. The first-order valence-corrected chi connectivity index (χ1v) is 4.57. The van der Waals surface area contributed by atoms with Gasteiger partial charge in [-0.15, -0.1) is 0 Å². The molecule has 0 bridgehead atoms. The van der Waals surface area contributed by atoms with Gasteiger partial charge < -0.3 is 5.73 Å². The molecule has 0 aromatic heterocycles. The van der Waals surface area contributed by atoms with Crippen LogP contribution in [0.15, 0.2) is 18.2 Å². The highest BCUT2D eigenvalue weighted by Gasteiger charge is 2.19. The standard InChI is InChI=1S/C10H12ClF2N/c1-10(2,14)7-5-6(9(12)13)3-4-8(7)11/h3-5,9H,14H2,1-2H3. The van der Waals surface area contributed by atoms with Crippen molar-refractivity contribution in [3.05, 3.63) is 34.3 Å². The summed E-state index contributed by atoms with van der Waals surface area (Å²) in [6.07, 6.45) is -2.49. The summed E-state index contributed by atoms with van der Waals surface area (Å²) in [5.74, 6) is 0. The number of alkyl halides is 2. The highest BCUT2D eigenvalue weighted by atomic mass is 35.5. The fraction of sp³-hybridized carbons (Fsp3) is 0.400. The van der Waals surface area contributed by atoms with Crippen LogP contribution in [-0.2, 0) is 5.54 Å². The minimum absolute atomic E-state index is 0.0528. The summed E-state index contributed by atoms with van der Waals surface area (Å²) < 4.78 is 24.8. The van der Waals surface area contributed by atoms with E-state index < -0.39 is 12.0 Å². The van der Waals surface area contributed by atoms with E-state index in [2.05, 4.69) is 0 Å². The molecule has 0 amide bonds. The zero-order valence-corrected chi connectivity index (χ0v) is 8.78. The molecule has 0 saturated carbocycles. The van der Waals surface area contributed by atoms with Crippen LogP contribution in [0.5, 0.6) is 0 Å². The van der Waals surface area contributed by atoms with Crippen molar-refractivity contribution in [2.24, 2.45) is 5.73 Å². The van der Waals surface area contributed by atoms with Crippen LogP contribution in [0.3, 0.4) is 0 Å². The zero-order valence-electron chi connectivity index (χ0n) is 8.02. The Labute approximate surface area is 86.9 Å². The molecule has 1 aromatic rings. The van der Waals surface area contributed by atoms with Crippen molar-refractivity contribution in [3.63, 3.8) is 0 Å². The van der Waals surface area contributed by atoms with Gasteiger partial charge in [0, 0.05) is 16.1 Å². The van der Waals surface area contributed by atoms with Crippen molar-refractivity contribution in [2.75, 3.05) is 0 Å². The van der Waals surface area contributed by atoms with Crippen LogP contribution in [0.25, 0.3) is 0 Å². The smallest absolute Gasteiger partial charge is 0.263 e. The summed E-state index contributed by atoms with van der Waals surface area (Å²) in [6.45, 7) is 3.45. The lowest BCUT2D eigenvalue weighted by molar-refractivity contribution is 0.151. The van der Waals surface area contributed by atoms with E-state index in [0.29, 0.717) is 10.6 Å². The van der Waals surface area contributed by atoms with Crippen molar-refractivity contribution in [1.29, 1.82) is 0 Å². The maximum Gasteiger partial charge on any atom is 0.263 e. The van der Waals surface area contributed by atoms with Crippen LogP contribution in [0.2, 0.25) is 5.02 Å². The van der Waals surface area contributed by atoms with E-state index in [9.17, 15) is 8.78 Å². The molecule has 0 saturated heterocycles. The summed E-state index contributed by atoms with van der Waals surface area (Å²) in [7, 11) is 0. The summed E-state index contributed by atoms with van der Waals surface area (Å²) >= 11 is 5.86. The van der Waals surface area contributed by atoms with Crippen molar-refractivity contribution >= 4 is 11.6 Å². The third-order valence-electron chi connectivity index (χ3n) is 1.94. The molecule has 1 aromatic carbocycles. The van der Waals surface area contributed by atoms with E-state index >= 15 is 0 Å². The molecular weight excluding hydrogens is 208 g/mol. The summed E-state index contributed by atoms with van der Waals surface area (Å²) in [6, 6.07) is 4.11. The number of benzene rings is 1. The van der Waals surface area contributed by atoms with E-state index in [4.69, 9.17) is 17.3 Å². The molecule has 0 fully saturated rings. The van der Waals surface area contributed by atoms with Crippen molar-refractivity contribution in [3.8, 4) is 0 Å². The van der Waals surface area contributed by atoms with Gasteiger partial charge in [0.15, 0.2) is 0 Å². The lowest BCUT2D eigenvalue weighted by atomic mass is 9.94. The Bertz CT molecular complexity index is 331. The van der Waals surface area contributed by atoms with Gasteiger partial charge in [0.1, 0.15) is 0 Å². The number of hydrogen-bond donors (Lipinski definition) is 1. The van der Waals surface area contributed by atoms with Crippen molar-refractivity contribution in [2.45, 2.75) is 25.8 Å². The first-order chi connectivity index (χ1) is 6.32.